The van der Waals surface area contributed by atoms with Gasteiger partial charge in [0.25, 0.3) is 0 Å². The molecular weight excluding hydrogens is 278 g/mol. The van der Waals surface area contributed by atoms with E-state index in [4.69, 9.17) is 21.1 Å². The maximum Gasteiger partial charge on any atom is 0.209 e. The molecule has 0 aliphatic heterocycles. The Labute approximate surface area is 126 Å². The Morgan fingerprint density at radius 1 is 1.20 bits per heavy atom. The molecule has 1 aromatic carbocycles. The largest absolute Gasteiger partial charge is 0.378 e. The quantitative estimate of drug-likeness (QED) is 0.572. The minimum absolute atomic E-state index is 0.414. The van der Waals surface area contributed by atoms with E-state index in [1.165, 1.54) is 5.56 Å². The third-order valence-electron chi connectivity index (χ3n) is 3.01. The molecule has 0 heterocycles. The van der Waals surface area contributed by atoms with Crippen LogP contribution in [0.15, 0.2) is 24.3 Å². The SMILES string of the molecule is CCOC(OCC)C(O)(Cl)C(C)Nc1ccc(C)cc1. The van der Waals surface area contributed by atoms with E-state index in [1.54, 1.807) is 6.92 Å². The first-order valence-corrected chi connectivity index (χ1v) is 7.27. The van der Waals surface area contributed by atoms with Crippen LogP contribution in [0.4, 0.5) is 5.69 Å². The zero-order valence-electron chi connectivity index (χ0n) is 12.5. The number of hydrogen-bond donors (Lipinski definition) is 2. The Balaban J connectivity index is 2.75. The summed E-state index contributed by atoms with van der Waals surface area (Å²) in [5, 5.41) is 12.0. The Bertz CT molecular complexity index is 389. The minimum Gasteiger partial charge on any atom is -0.378 e. The van der Waals surface area contributed by atoms with Gasteiger partial charge in [-0.05, 0) is 39.8 Å². The number of aliphatic hydroxyl groups is 1. The highest BCUT2D eigenvalue weighted by Gasteiger charge is 2.42. The summed E-state index contributed by atoms with van der Waals surface area (Å²) in [7, 11) is 0. The monoisotopic (exact) mass is 301 g/mol. The van der Waals surface area contributed by atoms with E-state index >= 15 is 0 Å². The zero-order valence-corrected chi connectivity index (χ0v) is 13.3. The van der Waals surface area contributed by atoms with Gasteiger partial charge in [0.1, 0.15) is 0 Å². The molecule has 0 aliphatic carbocycles. The van der Waals surface area contributed by atoms with Crippen molar-refractivity contribution in [3.63, 3.8) is 0 Å². The first-order chi connectivity index (χ1) is 9.41. The van der Waals surface area contributed by atoms with E-state index in [0.717, 1.165) is 5.69 Å². The summed E-state index contributed by atoms with van der Waals surface area (Å²) in [6.45, 7) is 8.30. The van der Waals surface area contributed by atoms with Crippen LogP contribution in [0.5, 0.6) is 0 Å². The second-order valence-electron chi connectivity index (χ2n) is 4.70. The topological polar surface area (TPSA) is 50.7 Å². The predicted octanol–water partition coefficient (Wildman–Crippen LogP) is 3.12. The molecule has 1 aromatic rings. The fraction of sp³-hybridized carbons (Fsp3) is 0.600. The van der Waals surface area contributed by atoms with Crippen molar-refractivity contribution in [2.75, 3.05) is 18.5 Å². The highest BCUT2D eigenvalue weighted by Crippen LogP contribution is 2.27. The second kappa shape index (κ2) is 7.84. The van der Waals surface area contributed by atoms with E-state index in [2.05, 4.69) is 5.32 Å². The molecule has 20 heavy (non-hydrogen) atoms. The van der Waals surface area contributed by atoms with E-state index in [-0.39, 0.29) is 0 Å². The maximum atomic E-state index is 10.5. The molecule has 0 aliphatic rings. The lowest BCUT2D eigenvalue weighted by Crippen LogP contribution is -2.52. The fourth-order valence-corrected chi connectivity index (χ4v) is 1.97. The van der Waals surface area contributed by atoms with Gasteiger partial charge in [-0.25, -0.2) is 0 Å². The first-order valence-electron chi connectivity index (χ1n) is 6.89. The lowest BCUT2D eigenvalue weighted by atomic mass is 10.1. The third-order valence-corrected chi connectivity index (χ3v) is 3.51. The van der Waals surface area contributed by atoms with Crippen molar-refractivity contribution in [2.45, 2.75) is 45.1 Å². The van der Waals surface area contributed by atoms with Crippen LogP contribution in [-0.4, -0.2) is 35.7 Å². The molecule has 2 unspecified atom stereocenters. The summed E-state index contributed by atoms with van der Waals surface area (Å²) in [4.78, 5) is 0. The molecule has 114 valence electrons. The van der Waals surface area contributed by atoms with Gasteiger partial charge in [-0.15, -0.1) is 0 Å². The lowest BCUT2D eigenvalue weighted by Gasteiger charge is -2.35. The second-order valence-corrected chi connectivity index (χ2v) is 5.31. The number of aryl methyl sites for hydroxylation is 1. The number of benzene rings is 1. The van der Waals surface area contributed by atoms with Gasteiger partial charge in [-0.2, -0.15) is 0 Å². The molecular formula is C15H24ClNO3. The van der Waals surface area contributed by atoms with Crippen molar-refractivity contribution in [2.24, 2.45) is 0 Å². The van der Waals surface area contributed by atoms with Crippen LogP contribution < -0.4 is 5.32 Å². The molecule has 0 amide bonds. The van der Waals surface area contributed by atoms with Crippen LogP contribution in [0.25, 0.3) is 0 Å². The Kier molecular flexibility index (Phi) is 6.76. The van der Waals surface area contributed by atoms with Gasteiger partial charge >= 0.3 is 0 Å². The lowest BCUT2D eigenvalue weighted by molar-refractivity contribution is -0.208. The molecule has 0 saturated heterocycles. The van der Waals surface area contributed by atoms with Crippen LogP contribution in [0.3, 0.4) is 0 Å². The van der Waals surface area contributed by atoms with Crippen molar-refractivity contribution in [3.8, 4) is 0 Å². The molecule has 0 spiro atoms. The summed E-state index contributed by atoms with van der Waals surface area (Å²) in [5.41, 5.74) is 2.06. The summed E-state index contributed by atoms with van der Waals surface area (Å²) >= 11 is 6.23. The Morgan fingerprint density at radius 2 is 1.70 bits per heavy atom. The van der Waals surface area contributed by atoms with Crippen molar-refractivity contribution in [1.82, 2.24) is 0 Å². The van der Waals surface area contributed by atoms with Crippen molar-refractivity contribution < 1.29 is 14.6 Å². The number of halogens is 1. The number of alkyl halides is 1. The average molecular weight is 302 g/mol. The van der Waals surface area contributed by atoms with Gasteiger partial charge in [0, 0.05) is 18.9 Å². The molecule has 5 heteroatoms. The standard InChI is InChI=1S/C15H24ClNO3/c1-5-19-14(20-6-2)15(16,18)12(4)17-13-9-7-11(3)8-10-13/h7-10,12,14,17-18H,5-6H2,1-4H3. The highest BCUT2D eigenvalue weighted by molar-refractivity contribution is 6.23. The van der Waals surface area contributed by atoms with Crippen LogP contribution in [0.1, 0.15) is 26.3 Å². The van der Waals surface area contributed by atoms with Crippen LogP contribution in [0, 0.1) is 6.92 Å². The molecule has 2 N–H and O–H groups in total. The smallest absolute Gasteiger partial charge is 0.209 e. The van der Waals surface area contributed by atoms with E-state index in [1.807, 2.05) is 45.0 Å². The van der Waals surface area contributed by atoms with Gasteiger partial charge in [-0.3, -0.25) is 0 Å². The summed E-state index contributed by atoms with van der Waals surface area (Å²) in [6.07, 6.45) is -0.882. The summed E-state index contributed by atoms with van der Waals surface area (Å²) < 4.78 is 10.8. The maximum absolute atomic E-state index is 10.5. The third kappa shape index (κ3) is 4.63. The Hall–Kier alpha value is -0.810. The molecule has 0 fully saturated rings. The number of anilines is 1. The number of ether oxygens (including phenoxy) is 2. The molecule has 0 bridgehead atoms. The molecule has 0 saturated carbocycles. The van der Waals surface area contributed by atoms with Crippen molar-refractivity contribution in [1.29, 1.82) is 0 Å². The van der Waals surface area contributed by atoms with E-state index < -0.39 is 17.4 Å². The summed E-state index contributed by atoms with van der Waals surface area (Å²) in [6, 6.07) is 7.41. The Morgan fingerprint density at radius 3 is 2.15 bits per heavy atom. The van der Waals surface area contributed by atoms with Crippen LogP contribution in [0.2, 0.25) is 0 Å². The molecule has 1 rings (SSSR count). The normalized spacial score (nSPS) is 15.9. The number of hydrogen-bond acceptors (Lipinski definition) is 4. The molecule has 0 radical (unpaired) electrons. The first kappa shape index (κ1) is 17.2. The predicted molar refractivity (Wildman–Crippen MR) is 82.1 cm³/mol. The fourth-order valence-electron chi connectivity index (χ4n) is 1.79. The van der Waals surface area contributed by atoms with Gasteiger partial charge in [0.15, 0.2) is 0 Å². The average Bonchev–Trinajstić information content (AvgIpc) is 2.41. The number of nitrogens with one attached hydrogen (secondary N) is 1. The number of rotatable bonds is 8. The molecule has 2 atom stereocenters. The van der Waals surface area contributed by atoms with E-state index in [9.17, 15) is 5.11 Å². The van der Waals surface area contributed by atoms with Crippen LogP contribution >= 0.6 is 11.6 Å². The van der Waals surface area contributed by atoms with Crippen molar-refractivity contribution in [3.05, 3.63) is 29.8 Å². The minimum atomic E-state index is -1.66. The van der Waals surface area contributed by atoms with Gasteiger partial charge in [0.2, 0.25) is 11.4 Å². The van der Waals surface area contributed by atoms with Gasteiger partial charge < -0.3 is 19.9 Å². The zero-order chi connectivity index (χ0) is 15.2. The van der Waals surface area contributed by atoms with Gasteiger partial charge in [-0.1, -0.05) is 29.3 Å². The summed E-state index contributed by atoms with van der Waals surface area (Å²) in [5.74, 6) is 0. The van der Waals surface area contributed by atoms with Crippen LogP contribution in [-0.2, 0) is 9.47 Å². The van der Waals surface area contributed by atoms with E-state index in [0.29, 0.717) is 13.2 Å². The molecule has 4 nitrogen and oxygen atoms in total. The van der Waals surface area contributed by atoms with Gasteiger partial charge in [0.05, 0.1) is 6.04 Å². The highest BCUT2D eigenvalue weighted by atomic mass is 35.5. The molecule has 0 aromatic heterocycles. The van der Waals surface area contributed by atoms with Crippen molar-refractivity contribution >= 4 is 17.3 Å².